The van der Waals surface area contributed by atoms with E-state index < -0.39 is 24.0 Å². The van der Waals surface area contributed by atoms with Crippen LogP contribution < -0.4 is 5.32 Å². The zero-order valence-electron chi connectivity index (χ0n) is 19.1. The van der Waals surface area contributed by atoms with Crippen molar-refractivity contribution in [3.8, 4) is 0 Å². The normalized spacial score (nSPS) is 19.6. The van der Waals surface area contributed by atoms with Gasteiger partial charge < -0.3 is 24.8 Å². The van der Waals surface area contributed by atoms with Crippen LogP contribution in [0.4, 0.5) is 0 Å². The van der Waals surface area contributed by atoms with E-state index in [1.54, 1.807) is 13.8 Å². The molecule has 178 valence electrons. The summed E-state index contributed by atoms with van der Waals surface area (Å²) >= 11 is 0. The van der Waals surface area contributed by atoms with E-state index in [4.69, 9.17) is 9.47 Å². The summed E-state index contributed by atoms with van der Waals surface area (Å²) in [7, 11) is 0. The Bertz CT molecular complexity index is 726. The maximum absolute atomic E-state index is 13.1. The third kappa shape index (κ3) is 7.91. The van der Waals surface area contributed by atoms with Gasteiger partial charge in [-0.3, -0.25) is 9.59 Å². The van der Waals surface area contributed by atoms with Gasteiger partial charge >= 0.3 is 11.9 Å². The molecule has 0 aliphatic carbocycles. The highest BCUT2D eigenvalue weighted by molar-refractivity contribution is 5.86. The average molecular weight is 449 g/mol. The maximum Gasteiger partial charge on any atom is 0.326 e. The van der Waals surface area contributed by atoms with E-state index in [1.165, 1.54) is 4.90 Å². The summed E-state index contributed by atoms with van der Waals surface area (Å²) in [6, 6.07) is 7.96. The lowest BCUT2D eigenvalue weighted by Crippen LogP contribution is -2.53. The summed E-state index contributed by atoms with van der Waals surface area (Å²) in [6.45, 7) is 5.59. The van der Waals surface area contributed by atoms with E-state index in [0.29, 0.717) is 39.3 Å². The number of nitrogens with zero attached hydrogens (tertiary/aromatic N) is 1. The van der Waals surface area contributed by atoms with Gasteiger partial charge in [-0.05, 0) is 51.6 Å². The summed E-state index contributed by atoms with van der Waals surface area (Å²) in [5.41, 5.74) is 0.869. The molecule has 1 aromatic carbocycles. The van der Waals surface area contributed by atoms with Crippen molar-refractivity contribution in [3.63, 3.8) is 0 Å². The molecule has 0 bridgehead atoms. The molecular weight excluding hydrogens is 412 g/mol. The third-order valence-electron chi connectivity index (χ3n) is 5.69. The Morgan fingerprint density at radius 2 is 1.94 bits per heavy atom. The molecule has 8 heteroatoms. The minimum Gasteiger partial charge on any atom is -0.480 e. The first-order valence-electron chi connectivity index (χ1n) is 11.5. The van der Waals surface area contributed by atoms with E-state index >= 15 is 0 Å². The number of ether oxygens (including phenoxy) is 2. The van der Waals surface area contributed by atoms with Gasteiger partial charge in [0.05, 0.1) is 18.6 Å². The van der Waals surface area contributed by atoms with Crippen LogP contribution in [0.3, 0.4) is 0 Å². The lowest BCUT2D eigenvalue weighted by Gasteiger charge is -2.32. The van der Waals surface area contributed by atoms with Crippen LogP contribution in [0.25, 0.3) is 0 Å². The SMILES string of the molecule is CCOC(=O)C(CCN[C@@H](C)C(=O)N1CCCCCOCCC1C(=O)O)c1ccccc1. The van der Waals surface area contributed by atoms with Gasteiger partial charge in [0.25, 0.3) is 0 Å². The van der Waals surface area contributed by atoms with Crippen LogP contribution in [-0.4, -0.2) is 72.8 Å². The van der Waals surface area contributed by atoms with Gasteiger partial charge in [0, 0.05) is 26.2 Å². The van der Waals surface area contributed by atoms with Gasteiger partial charge in [-0.1, -0.05) is 30.3 Å². The Labute approximate surface area is 190 Å². The highest BCUT2D eigenvalue weighted by Crippen LogP contribution is 2.21. The van der Waals surface area contributed by atoms with E-state index in [-0.39, 0.29) is 18.3 Å². The van der Waals surface area contributed by atoms with E-state index in [1.807, 2.05) is 30.3 Å². The van der Waals surface area contributed by atoms with Crippen LogP contribution in [0.1, 0.15) is 57.4 Å². The number of carbonyl (C=O) groups excluding carboxylic acids is 2. The maximum atomic E-state index is 13.1. The lowest BCUT2D eigenvalue weighted by molar-refractivity contribution is -0.152. The lowest BCUT2D eigenvalue weighted by atomic mass is 9.95. The fourth-order valence-corrected chi connectivity index (χ4v) is 3.92. The Balaban J connectivity index is 2.00. The fourth-order valence-electron chi connectivity index (χ4n) is 3.92. The number of nitrogens with one attached hydrogen (secondary N) is 1. The van der Waals surface area contributed by atoms with Gasteiger partial charge in [0.2, 0.25) is 5.91 Å². The molecule has 0 saturated carbocycles. The number of amides is 1. The van der Waals surface area contributed by atoms with Gasteiger partial charge in [0.15, 0.2) is 0 Å². The molecule has 0 spiro atoms. The number of carbonyl (C=O) groups is 3. The van der Waals surface area contributed by atoms with E-state index in [2.05, 4.69) is 5.32 Å². The molecule has 1 aliphatic rings. The van der Waals surface area contributed by atoms with Crippen molar-refractivity contribution in [2.75, 3.05) is 32.9 Å². The van der Waals surface area contributed by atoms with Gasteiger partial charge in [-0.15, -0.1) is 0 Å². The molecule has 8 nitrogen and oxygen atoms in total. The third-order valence-corrected chi connectivity index (χ3v) is 5.69. The predicted molar refractivity (Wildman–Crippen MR) is 120 cm³/mol. The monoisotopic (exact) mass is 448 g/mol. The van der Waals surface area contributed by atoms with Crippen LogP contribution in [0.5, 0.6) is 0 Å². The molecule has 1 amide bonds. The van der Waals surface area contributed by atoms with Crippen LogP contribution in [0.15, 0.2) is 30.3 Å². The number of carboxylic acid groups (broad SMARTS) is 1. The van der Waals surface area contributed by atoms with Crippen molar-refractivity contribution in [2.45, 2.75) is 64.0 Å². The summed E-state index contributed by atoms with van der Waals surface area (Å²) in [5.74, 6) is -1.98. The first kappa shape index (κ1) is 25.8. The molecular formula is C24H36N2O6. The number of esters is 1. The second-order valence-electron chi connectivity index (χ2n) is 8.03. The fraction of sp³-hybridized carbons (Fsp3) is 0.625. The molecule has 2 N–H and O–H groups in total. The Morgan fingerprint density at radius 1 is 1.19 bits per heavy atom. The van der Waals surface area contributed by atoms with Gasteiger partial charge in [-0.2, -0.15) is 0 Å². The van der Waals surface area contributed by atoms with Crippen LogP contribution >= 0.6 is 0 Å². The van der Waals surface area contributed by atoms with Crippen LogP contribution in [0.2, 0.25) is 0 Å². The van der Waals surface area contributed by atoms with Crippen molar-refractivity contribution in [3.05, 3.63) is 35.9 Å². The van der Waals surface area contributed by atoms with Crippen LogP contribution in [0, 0.1) is 0 Å². The highest BCUT2D eigenvalue weighted by atomic mass is 16.5. The number of aliphatic carboxylic acids is 1. The number of benzene rings is 1. The highest BCUT2D eigenvalue weighted by Gasteiger charge is 2.32. The molecule has 1 heterocycles. The van der Waals surface area contributed by atoms with Crippen molar-refractivity contribution in [2.24, 2.45) is 0 Å². The zero-order valence-corrected chi connectivity index (χ0v) is 19.1. The largest absolute Gasteiger partial charge is 0.480 e. The quantitative estimate of drug-likeness (QED) is 0.560. The second kappa shape index (κ2) is 13.9. The van der Waals surface area contributed by atoms with Crippen molar-refractivity contribution in [1.82, 2.24) is 10.2 Å². The molecule has 0 radical (unpaired) electrons. The zero-order chi connectivity index (χ0) is 23.3. The topological polar surface area (TPSA) is 105 Å². The molecule has 1 fully saturated rings. The smallest absolute Gasteiger partial charge is 0.326 e. The average Bonchev–Trinajstić information content (AvgIpc) is 2.79. The summed E-state index contributed by atoms with van der Waals surface area (Å²) in [6.07, 6.45) is 3.27. The molecule has 1 saturated heterocycles. The molecule has 32 heavy (non-hydrogen) atoms. The van der Waals surface area contributed by atoms with E-state index in [0.717, 1.165) is 24.8 Å². The standard InChI is InChI=1S/C24H36N2O6/c1-3-32-24(30)20(19-10-6-4-7-11-19)12-14-25-18(2)22(27)26-15-8-5-9-16-31-17-13-21(26)23(28)29/h4,6-7,10-11,18,20-21,25H,3,5,8-9,12-17H2,1-2H3,(H,28,29)/t18-,20?,21?/m0/s1. The minimum atomic E-state index is -1.01. The molecule has 2 rings (SSSR count). The first-order chi connectivity index (χ1) is 15.5. The Hall–Kier alpha value is -2.45. The number of hydrogen-bond acceptors (Lipinski definition) is 6. The number of carboxylic acids is 1. The molecule has 1 aliphatic heterocycles. The Morgan fingerprint density at radius 3 is 2.62 bits per heavy atom. The molecule has 3 atom stereocenters. The van der Waals surface area contributed by atoms with Gasteiger partial charge in [0.1, 0.15) is 6.04 Å². The first-order valence-corrected chi connectivity index (χ1v) is 11.5. The van der Waals surface area contributed by atoms with Crippen molar-refractivity contribution < 1.29 is 29.0 Å². The summed E-state index contributed by atoms with van der Waals surface area (Å²) in [5, 5.41) is 12.9. The van der Waals surface area contributed by atoms with E-state index in [9.17, 15) is 19.5 Å². The number of hydrogen-bond donors (Lipinski definition) is 2. The minimum absolute atomic E-state index is 0.245. The van der Waals surface area contributed by atoms with Crippen molar-refractivity contribution >= 4 is 17.8 Å². The summed E-state index contributed by atoms with van der Waals surface area (Å²) < 4.78 is 10.7. The Kier molecular flexibility index (Phi) is 11.2. The van der Waals surface area contributed by atoms with Crippen molar-refractivity contribution in [1.29, 1.82) is 0 Å². The molecule has 1 aromatic rings. The number of rotatable bonds is 9. The predicted octanol–water partition coefficient (Wildman–Crippen LogP) is 2.57. The second-order valence-corrected chi connectivity index (χ2v) is 8.03. The molecule has 2 unspecified atom stereocenters. The summed E-state index contributed by atoms with van der Waals surface area (Å²) in [4.78, 5) is 38.9. The van der Waals surface area contributed by atoms with Gasteiger partial charge in [-0.25, -0.2) is 4.79 Å². The molecule has 0 aromatic heterocycles. The van der Waals surface area contributed by atoms with Crippen LogP contribution in [-0.2, 0) is 23.9 Å².